The number of rotatable bonds is 7. The third-order valence-electron chi connectivity index (χ3n) is 6.23. The number of allylic oxidation sites excluding steroid dienone is 4. The van der Waals surface area contributed by atoms with E-state index >= 15 is 0 Å². The van der Waals surface area contributed by atoms with E-state index in [1.54, 1.807) is 47.9 Å². The van der Waals surface area contributed by atoms with Crippen molar-refractivity contribution in [3.8, 4) is 5.00 Å². The average molecular weight is 497 g/mol. The number of carbonyl (C=O) groups excluding carboxylic acids is 1. The van der Waals surface area contributed by atoms with Crippen LogP contribution in [0.5, 0.6) is 0 Å². The number of hydrogen-bond acceptors (Lipinski definition) is 5. The van der Waals surface area contributed by atoms with Gasteiger partial charge in [0.25, 0.3) is 0 Å². The zero-order valence-electron chi connectivity index (χ0n) is 19.8. The summed E-state index contributed by atoms with van der Waals surface area (Å²) >= 11 is 1.71. The lowest BCUT2D eigenvalue weighted by atomic mass is 9.98. The number of carboxylic acid groups (broad SMARTS) is 1. The zero-order chi connectivity index (χ0) is 25.4. The molecule has 0 spiro atoms. The van der Waals surface area contributed by atoms with Crippen LogP contribution in [0.15, 0.2) is 73.1 Å². The number of anilines is 2. The minimum Gasteiger partial charge on any atom is -0.478 e. The van der Waals surface area contributed by atoms with E-state index in [1.165, 1.54) is 10.5 Å². The molecule has 0 aliphatic heterocycles. The Hall–Kier alpha value is -4.43. The molecular formula is C28H24N4O3S. The van der Waals surface area contributed by atoms with Crippen LogP contribution in [-0.2, 0) is 0 Å². The number of amides is 1. The third kappa shape index (κ3) is 4.46. The van der Waals surface area contributed by atoms with Crippen molar-refractivity contribution in [2.45, 2.75) is 20.3 Å². The van der Waals surface area contributed by atoms with Crippen molar-refractivity contribution in [1.82, 2.24) is 9.55 Å². The number of aromatic nitrogens is 2. The van der Waals surface area contributed by atoms with Crippen LogP contribution in [0.3, 0.4) is 0 Å². The highest BCUT2D eigenvalue weighted by atomic mass is 32.1. The summed E-state index contributed by atoms with van der Waals surface area (Å²) in [5.74, 6) is -0.547. The molecule has 0 bridgehead atoms. The highest BCUT2D eigenvalue weighted by molar-refractivity contribution is 7.15. The summed E-state index contributed by atoms with van der Waals surface area (Å²) in [5.41, 5.74) is 11.5. The molecule has 5 rings (SSSR count). The van der Waals surface area contributed by atoms with E-state index in [0.717, 1.165) is 39.6 Å². The van der Waals surface area contributed by atoms with Crippen molar-refractivity contribution in [3.63, 3.8) is 0 Å². The van der Waals surface area contributed by atoms with Crippen LogP contribution in [-0.4, -0.2) is 26.5 Å². The summed E-state index contributed by atoms with van der Waals surface area (Å²) in [7, 11) is 0. The van der Waals surface area contributed by atoms with Crippen molar-refractivity contribution < 1.29 is 14.7 Å². The Labute approximate surface area is 212 Å². The third-order valence-corrected chi connectivity index (χ3v) is 7.39. The number of hydrogen-bond donors (Lipinski definition) is 3. The van der Waals surface area contributed by atoms with E-state index in [-0.39, 0.29) is 5.56 Å². The first kappa shape index (κ1) is 23.3. The van der Waals surface area contributed by atoms with Gasteiger partial charge in [-0.1, -0.05) is 18.2 Å². The average Bonchev–Trinajstić information content (AvgIpc) is 3.60. The Morgan fingerprint density at radius 3 is 2.47 bits per heavy atom. The maximum Gasteiger partial charge on any atom is 0.335 e. The number of nitrogens with zero attached hydrogens (tertiary/aromatic N) is 2. The number of aryl methyl sites for hydroxylation is 2. The minimum atomic E-state index is -0.995. The minimum absolute atomic E-state index is 0.193. The van der Waals surface area contributed by atoms with Gasteiger partial charge < -0.3 is 16.2 Å². The van der Waals surface area contributed by atoms with Crippen LogP contribution in [0.1, 0.15) is 49.0 Å². The molecule has 180 valence electrons. The molecule has 4 N–H and O–H groups in total. The van der Waals surface area contributed by atoms with Gasteiger partial charge in [0.05, 0.1) is 5.56 Å². The smallest absolute Gasteiger partial charge is 0.335 e. The molecule has 0 saturated carbocycles. The van der Waals surface area contributed by atoms with Gasteiger partial charge in [0.15, 0.2) is 0 Å². The molecule has 0 unspecified atom stereocenters. The summed E-state index contributed by atoms with van der Waals surface area (Å²) in [4.78, 5) is 28.7. The molecule has 0 saturated heterocycles. The molecule has 1 aliphatic rings. The van der Waals surface area contributed by atoms with Gasteiger partial charge in [0.1, 0.15) is 10.8 Å². The molecule has 36 heavy (non-hydrogen) atoms. The fourth-order valence-corrected chi connectivity index (χ4v) is 5.34. The van der Waals surface area contributed by atoms with Crippen molar-refractivity contribution in [1.29, 1.82) is 0 Å². The van der Waals surface area contributed by atoms with Gasteiger partial charge in [-0.15, -0.1) is 11.3 Å². The number of thiophene rings is 1. The molecular weight excluding hydrogens is 472 g/mol. The maximum absolute atomic E-state index is 11.7. The second-order valence-corrected chi connectivity index (χ2v) is 9.69. The SMILES string of the molecule is Cc1cc(C(N)=O)ccc1Nc1cc(C(=O)O)ccc1C1=CC=C(c2ccc(-n3ccnc3C)s2)C1. The molecule has 1 aliphatic carbocycles. The zero-order valence-corrected chi connectivity index (χ0v) is 20.6. The number of nitrogens with two attached hydrogens (primary N) is 1. The number of primary amides is 1. The molecule has 2 heterocycles. The van der Waals surface area contributed by atoms with Crippen molar-refractivity contribution in [2.24, 2.45) is 5.73 Å². The van der Waals surface area contributed by atoms with E-state index in [1.807, 2.05) is 26.1 Å². The molecule has 2 aromatic carbocycles. The Morgan fingerprint density at radius 2 is 1.78 bits per heavy atom. The first-order valence-electron chi connectivity index (χ1n) is 11.4. The van der Waals surface area contributed by atoms with Gasteiger partial charge in [-0.25, -0.2) is 9.78 Å². The van der Waals surface area contributed by atoms with Gasteiger partial charge in [0, 0.05) is 39.8 Å². The van der Waals surface area contributed by atoms with Crippen LogP contribution in [0.4, 0.5) is 11.4 Å². The molecule has 7 nitrogen and oxygen atoms in total. The molecule has 0 radical (unpaired) electrons. The molecule has 8 heteroatoms. The highest BCUT2D eigenvalue weighted by Gasteiger charge is 2.19. The Bertz CT molecular complexity index is 1580. The van der Waals surface area contributed by atoms with Gasteiger partial charge in [-0.2, -0.15) is 0 Å². The van der Waals surface area contributed by atoms with Crippen LogP contribution >= 0.6 is 11.3 Å². The molecule has 1 amide bonds. The number of imidazole rings is 1. The molecule has 2 aromatic heterocycles. The summed E-state index contributed by atoms with van der Waals surface area (Å²) in [5, 5.41) is 14.0. The van der Waals surface area contributed by atoms with Crippen LogP contribution < -0.4 is 11.1 Å². The predicted octanol–water partition coefficient (Wildman–Crippen LogP) is 5.96. The second kappa shape index (κ2) is 9.31. The molecule has 0 atom stereocenters. The van der Waals surface area contributed by atoms with Gasteiger partial charge in [-0.05, 0) is 79.4 Å². The summed E-state index contributed by atoms with van der Waals surface area (Å²) < 4.78 is 2.07. The summed E-state index contributed by atoms with van der Waals surface area (Å²) in [6.07, 6.45) is 8.68. The Balaban J connectivity index is 1.42. The van der Waals surface area contributed by atoms with Gasteiger partial charge in [0.2, 0.25) is 5.91 Å². The number of benzene rings is 2. The first-order chi connectivity index (χ1) is 17.3. The van der Waals surface area contributed by atoms with Crippen molar-refractivity contribution in [2.75, 3.05) is 5.32 Å². The number of carbonyl (C=O) groups is 2. The van der Waals surface area contributed by atoms with Crippen molar-refractivity contribution in [3.05, 3.63) is 106 Å². The number of nitrogens with one attached hydrogen (secondary N) is 1. The fraction of sp³-hybridized carbons (Fsp3) is 0.107. The number of carboxylic acids is 1. The Kier molecular flexibility index (Phi) is 6.03. The molecule has 4 aromatic rings. The Morgan fingerprint density at radius 1 is 1.00 bits per heavy atom. The van der Waals surface area contributed by atoms with Crippen LogP contribution in [0.2, 0.25) is 0 Å². The first-order valence-corrected chi connectivity index (χ1v) is 12.2. The highest BCUT2D eigenvalue weighted by Crippen LogP contribution is 2.40. The van der Waals surface area contributed by atoms with Gasteiger partial charge in [-0.3, -0.25) is 9.36 Å². The van der Waals surface area contributed by atoms with Crippen molar-refractivity contribution >= 4 is 45.7 Å². The normalized spacial score (nSPS) is 12.8. The summed E-state index contributed by atoms with van der Waals surface area (Å²) in [6.45, 7) is 3.85. The van der Waals surface area contributed by atoms with E-state index in [4.69, 9.17) is 5.73 Å². The standard InChI is InChI=1S/C28H24N4O3S/c1-16-13-20(27(29)33)6-8-23(16)31-24-15-21(28(34)35)5-7-22(24)18-3-4-19(14-18)25-9-10-26(36-25)32-12-11-30-17(32)2/h3-13,15,31H,14H2,1-2H3,(H2,29,33)(H,34,35). The van der Waals surface area contributed by atoms with E-state index < -0.39 is 11.9 Å². The van der Waals surface area contributed by atoms with Gasteiger partial charge >= 0.3 is 5.97 Å². The lowest BCUT2D eigenvalue weighted by Gasteiger charge is -2.16. The topological polar surface area (TPSA) is 110 Å². The lowest BCUT2D eigenvalue weighted by molar-refractivity contribution is 0.0696. The largest absolute Gasteiger partial charge is 0.478 e. The number of aromatic carboxylic acids is 1. The second-order valence-electron chi connectivity index (χ2n) is 8.63. The van der Waals surface area contributed by atoms with E-state index in [2.05, 4.69) is 39.2 Å². The fourth-order valence-electron chi connectivity index (χ4n) is 4.28. The van der Waals surface area contributed by atoms with E-state index in [9.17, 15) is 14.7 Å². The van der Waals surface area contributed by atoms with Crippen LogP contribution in [0.25, 0.3) is 16.1 Å². The quantitative estimate of drug-likeness (QED) is 0.292. The molecule has 0 fully saturated rings. The summed E-state index contributed by atoms with van der Waals surface area (Å²) in [6, 6.07) is 14.5. The van der Waals surface area contributed by atoms with Crippen LogP contribution in [0, 0.1) is 13.8 Å². The monoisotopic (exact) mass is 496 g/mol. The maximum atomic E-state index is 11.7. The predicted molar refractivity (Wildman–Crippen MR) is 143 cm³/mol. The lowest BCUT2D eigenvalue weighted by Crippen LogP contribution is -2.11. The van der Waals surface area contributed by atoms with E-state index in [0.29, 0.717) is 11.3 Å².